The molecule has 5 heteroatoms. The summed E-state index contributed by atoms with van der Waals surface area (Å²) in [4.78, 5) is 0. The second kappa shape index (κ2) is 5.00. The summed E-state index contributed by atoms with van der Waals surface area (Å²) in [5, 5.41) is 2.85. The number of benzene rings is 1. The lowest BCUT2D eigenvalue weighted by molar-refractivity contribution is 0.223. The molecule has 1 heterocycles. The Morgan fingerprint density at radius 3 is 3.06 bits per heavy atom. The Bertz CT molecular complexity index is 408. The van der Waals surface area contributed by atoms with Gasteiger partial charge in [-0.1, -0.05) is 31.5 Å². The number of para-hydroxylation sites is 1. The van der Waals surface area contributed by atoms with Crippen molar-refractivity contribution < 1.29 is 13.6 Å². The van der Waals surface area contributed by atoms with Crippen LogP contribution >= 0.6 is 7.75 Å². The van der Waals surface area contributed by atoms with Crippen molar-refractivity contribution in [3.05, 3.63) is 29.8 Å². The molecule has 0 saturated heterocycles. The molecule has 1 aromatic rings. The van der Waals surface area contributed by atoms with Crippen LogP contribution in [0.15, 0.2) is 24.3 Å². The first-order chi connectivity index (χ1) is 7.73. The van der Waals surface area contributed by atoms with E-state index < -0.39 is 7.75 Å². The zero-order chi connectivity index (χ0) is 11.4. The highest BCUT2D eigenvalue weighted by molar-refractivity contribution is 7.52. The second-order valence-electron chi connectivity index (χ2n) is 3.73. The molecule has 16 heavy (non-hydrogen) atoms. The minimum absolute atomic E-state index is 0.340. The summed E-state index contributed by atoms with van der Waals surface area (Å²) in [6, 6.07) is 7.49. The Balaban J connectivity index is 2.03. The van der Waals surface area contributed by atoms with E-state index in [1.165, 1.54) is 0 Å². The molecule has 1 aromatic carbocycles. The van der Waals surface area contributed by atoms with E-state index >= 15 is 0 Å². The van der Waals surface area contributed by atoms with Crippen molar-refractivity contribution >= 4 is 7.75 Å². The quantitative estimate of drug-likeness (QED) is 0.650. The summed E-state index contributed by atoms with van der Waals surface area (Å²) in [7, 11) is -3.13. The highest BCUT2D eigenvalue weighted by atomic mass is 31.2. The molecule has 0 aromatic heterocycles. The largest absolute Gasteiger partial charge is 0.459 e. The van der Waals surface area contributed by atoms with E-state index in [0.29, 0.717) is 18.9 Å². The van der Waals surface area contributed by atoms with Gasteiger partial charge in [0.05, 0.1) is 6.61 Å². The van der Waals surface area contributed by atoms with Gasteiger partial charge in [0.1, 0.15) is 5.75 Å². The van der Waals surface area contributed by atoms with Gasteiger partial charge < -0.3 is 4.52 Å². The molecule has 0 aliphatic carbocycles. The van der Waals surface area contributed by atoms with Crippen LogP contribution in [-0.2, 0) is 15.7 Å². The van der Waals surface area contributed by atoms with Crippen LogP contribution in [-0.4, -0.2) is 6.54 Å². The van der Waals surface area contributed by atoms with Crippen molar-refractivity contribution in [1.29, 1.82) is 0 Å². The standard InChI is InChI=1S/C11H16NO3P/c1-2-3-8-12-16(13)14-9-10-6-4-5-7-11(10)15-16/h4-7H,2-3,8-9H2,1H3,(H,12,13). The van der Waals surface area contributed by atoms with Gasteiger partial charge >= 0.3 is 7.75 Å². The maximum atomic E-state index is 12.1. The van der Waals surface area contributed by atoms with E-state index in [1.54, 1.807) is 0 Å². The Morgan fingerprint density at radius 1 is 1.44 bits per heavy atom. The number of fused-ring (bicyclic) bond motifs is 1. The van der Waals surface area contributed by atoms with Gasteiger partial charge in [-0.3, -0.25) is 4.52 Å². The van der Waals surface area contributed by atoms with Crippen LogP contribution in [0.25, 0.3) is 0 Å². The molecule has 1 atom stereocenters. The summed E-state index contributed by atoms with van der Waals surface area (Å²) in [6.45, 7) is 3.07. The minimum atomic E-state index is -3.13. The molecule has 2 rings (SSSR count). The number of nitrogens with one attached hydrogen (secondary N) is 1. The van der Waals surface area contributed by atoms with Crippen LogP contribution < -0.4 is 9.61 Å². The molecule has 0 fully saturated rings. The lowest BCUT2D eigenvalue weighted by Gasteiger charge is -2.25. The predicted molar refractivity (Wildman–Crippen MR) is 62.4 cm³/mol. The van der Waals surface area contributed by atoms with Gasteiger partial charge in [0.15, 0.2) is 0 Å². The molecule has 4 nitrogen and oxygen atoms in total. The highest BCUT2D eigenvalue weighted by Gasteiger charge is 2.31. The van der Waals surface area contributed by atoms with Gasteiger partial charge in [0.25, 0.3) is 0 Å². The molecule has 88 valence electrons. The monoisotopic (exact) mass is 241 g/mol. The predicted octanol–water partition coefficient (Wildman–Crippen LogP) is 3.09. The number of hydrogen-bond donors (Lipinski definition) is 1. The Morgan fingerprint density at radius 2 is 2.25 bits per heavy atom. The van der Waals surface area contributed by atoms with Crippen molar-refractivity contribution in [2.24, 2.45) is 0 Å². The van der Waals surface area contributed by atoms with Crippen LogP contribution in [0.5, 0.6) is 5.75 Å². The Labute approximate surface area is 95.5 Å². The average Bonchev–Trinajstić information content (AvgIpc) is 2.29. The summed E-state index contributed by atoms with van der Waals surface area (Å²) in [5.41, 5.74) is 0.936. The summed E-state index contributed by atoms with van der Waals surface area (Å²) >= 11 is 0. The fraction of sp³-hybridized carbons (Fsp3) is 0.455. The molecular weight excluding hydrogens is 225 g/mol. The van der Waals surface area contributed by atoms with E-state index in [2.05, 4.69) is 12.0 Å². The molecule has 0 spiro atoms. The Kier molecular flexibility index (Phi) is 3.64. The lowest BCUT2D eigenvalue weighted by Crippen LogP contribution is -2.20. The van der Waals surface area contributed by atoms with E-state index in [0.717, 1.165) is 18.4 Å². The van der Waals surface area contributed by atoms with Gasteiger partial charge in [-0.25, -0.2) is 9.65 Å². The zero-order valence-electron chi connectivity index (χ0n) is 9.31. The van der Waals surface area contributed by atoms with Crippen LogP contribution in [0.2, 0.25) is 0 Å². The second-order valence-corrected chi connectivity index (χ2v) is 5.48. The van der Waals surface area contributed by atoms with Gasteiger partial charge in [0, 0.05) is 12.1 Å². The SMILES string of the molecule is CCCCNP1(=O)OCc2ccccc2O1. The summed E-state index contributed by atoms with van der Waals surface area (Å²) in [5.74, 6) is 0.654. The third-order valence-corrected chi connectivity index (χ3v) is 3.93. The number of unbranched alkanes of at least 4 members (excludes halogenated alkanes) is 1. The van der Waals surface area contributed by atoms with Gasteiger partial charge in [-0.05, 0) is 12.5 Å². The van der Waals surface area contributed by atoms with Gasteiger partial charge in [-0.15, -0.1) is 0 Å². The van der Waals surface area contributed by atoms with Gasteiger partial charge in [0.2, 0.25) is 0 Å². The summed E-state index contributed by atoms with van der Waals surface area (Å²) in [6.07, 6.45) is 2.00. The first kappa shape index (κ1) is 11.6. The molecular formula is C11H16NO3P. The molecule has 1 unspecified atom stereocenters. The first-order valence-corrected chi connectivity index (χ1v) is 7.05. The third-order valence-electron chi connectivity index (χ3n) is 2.42. The van der Waals surface area contributed by atoms with Crippen molar-refractivity contribution in [2.45, 2.75) is 26.4 Å². The van der Waals surface area contributed by atoms with Gasteiger partial charge in [-0.2, -0.15) is 0 Å². The number of hydrogen-bond acceptors (Lipinski definition) is 3. The zero-order valence-corrected chi connectivity index (χ0v) is 10.2. The van der Waals surface area contributed by atoms with E-state index in [4.69, 9.17) is 9.05 Å². The van der Waals surface area contributed by atoms with Crippen LogP contribution in [0.3, 0.4) is 0 Å². The van der Waals surface area contributed by atoms with Crippen LogP contribution in [0, 0.1) is 0 Å². The van der Waals surface area contributed by atoms with Crippen molar-refractivity contribution in [1.82, 2.24) is 5.09 Å². The normalized spacial score (nSPS) is 23.6. The first-order valence-electron chi connectivity index (χ1n) is 5.51. The highest BCUT2D eigenvalue weighted by Crippen LogP contribution is 2.49. The van der Waals surface area contributed by atoms with E-state index in [-0.39, 0.29) is 0 Å². The topological polar surface area (TPSA) is 47.6 Å². The molecule has 0 radical (unpaired) electrons. The Hall–Kier alpha value is -0.830. The fourth-order valence-electron chi connectivity index (χ4n) is 1.49. The lowest BCUT2D eigenvalue weighted by atomic mass is 10.2. The molecule has 1 N–H and O–H groups in total. The van der Waals surface area contributed by atoms with Crippen molar-refractivity contribution in [3.63, 3.8) is 0 Å². The van der Waals surface area contributed by atoms with Crippen LogP contribution in [0.1, 0.15) is 25.3 Å². The molecule has 0 saturated carbocycles. The third kappa shape index (κ3) is 2.64. The molecule has 0 amide bonds. The maximum Gasteiger partial charge on any atom is 0.459 e. The van der Waals surface area contributed by atoms with E-state index in [9.17, 15) is 4.57 Å². The smallest absolute Gasteiger partial charge is 0.413 e. The van der Waals surface area contributed by atoms with Crippen molar-refractivity contribution in [3.8, 4) is 5.75 Å². The molecule has 1 aliphatic heterocycles. The molecule has 0 bridgehead atoms. The number of rotatable bonds is 4. The fourth-order valence-corrected chi connectivity index (χ4v) is 2.88. The van der Waals surface area contributed by atoms with Crippen molar-refractivity contribution in [2.75, 3.05) is 6.54 Å². The molecule has 1 aliphatic rings. The van der Waals surface area contributed by atoms with E-state index in [1.807, 2.05) is 24.3 Å². The minimum Gasteiger partial charge on any atom is -0.413 e. The maximum absolute atomic E-state index is 12.1. The average molecular weight is 241 g/mol. The van der Waals surface area contributed by atoms with Crippen LogP contribution in [0.4, 0.5) is 0 Å². The summed E-state index contributed by atoms with van der Waals surface area (Å²) < 4.78 is 22.8.